The van der Waals surface area contributed by atoms with E-state index in [4.69, 9.17) is 33.7 Å². The van der Waals surface area contributed by atoms with Crippen molar-refractivity contribution in [2.24, 2.45) is 5.73 Å². The molecule has 0 atom stereocenters. The van der Waals surface area contributed by atoms with E-state index in [9.17, 15) is 4.39 Å². The number of benzene rings is 2. The maximum Gasteiger partial charge on any atom is 0.123 e. The van der Waals surface area contributed by atoms with Crippen LogP contribution in [0.25, 0.3) is 0 Å². The summed E-state index contributed by atoms with van der Waals surface area (Å²) < 4.78 is 18.9. The molecule has 2 nitrogen and oxygen atoms in total. The first-order chi connectivity index (χ1) is 9.60. The monoisotopic (exact) mass is 313 g/mol. The van der Waals surface area contributed by atoms with Crippen molar-refractivity contribution < 1.29 is 9.13 Å². The largest absolute Gasteiger partial charge is 0.489 e. The molecule has 2 N–H and O–H groups in total. The van der Waals surface area contributed by atoms with Crippen molar-refractivity contribution in [3.05, 3.63) is 63.4 Å². The molecule has 0 spiro atoms. The van der Waals surface area contributed by atoms with Gasteiger partial charge in [0.25, 0.3) is 0 Å². The molecule has 2 aromatic carbocycles. The first-order valence-electron chi connectivity index (χ1n) is 6.15. The maximum atomic E-state index is 13.2. The molecule has 0 bridgehead atoms. The molecule has 0 saturated heterocycles. The van der Waals surface area contributed by atoms with E-state index in [-0.39, 0.29) is 5.82 Å². The molecule has 2 aromatic rings. The van der Waals surface area contributed by atoms with E-state index in [1.165, 1.54) is 12.1 Å². The predicted octanol–water partition coefficient (Wildman–Crippen LogP) is 4.21. The minimum atomic E-state index is -0.296. The van der Waals surface area contributed by atoms with Gasteiger partial charge in [-0.05, 0) is 54.4 Å². The standard InChI is InChI=1S/C15H14Cl2FNO/c16-13-3-1-10(7-14(13)17)9-20-15-4-2-12(18)8-11(15)5-6-19/h1-4,7-8H,5-6,9,19H2. The van der Waals surface area contributed by atoms with Gasteiger partial charge in [-0.3, -0.25) is 0 Å². The van der Waals surface area contributed by atoms with Gasteiger partial charge in [-0.2, -0.15) is 0 Å². The van der Waals surface area contributed by atoms with Crippen LogP contribution in [0.3, 0.4) is 0 Å². The fourth-order valence-electron chi connectivity index (χ4n) is 1.83. The Bertz CT molecular complexity index is 604. The first-order valence-corrected chi connectivity index (χ1v) is 6.91. The maximum absolute atomic E-state index is 13.2. The highest BCUT2D eigenvalue weighted by Gasteiger charge is 2.06. The Balaban J connectivity index is 2.11. The number of nitrogens with two attached hydrogens (primary N) is 1. The molecule has 106 valence electrons. The number of hydrogen-bond donors (Lipinski definition) is 1. The Morgan fingerprint density at radius 3 is 2.55 bits per heavy atom. The normalized spacial score (nSPS) is 10.6. The summed E-state index contributed by atoms with van der Waals surface area (Å²) in [6, 6.07) is 9.71. The van der Waals surface area contributed by atoms with Crippen LogP contribution in [-0.4, -0.2) is 6.54 Å². The van der Waals surface area contributed by atoms with Crippen LogP contribution in [0.4, 0.5) is 4.39 Å². The summed E-state index contributed by atoms with van der Waals surface area (Å²) in [5.41, 5.74) is 7.16. The van der Waals surface area contributed by atoms with Crippen molar-refractivity contribution >= 4 is 23.2 Å². The highest BCUT2D eigenvalue weighted by molar-refractivity contribution is 6.42. The summed E-state index contributed by atoms with van der Waals surface area (Å²) in [6.07, 6.45) is 0.564. The second kappa shape index (κ2) is 6.93. The molecular formula is C15H14Cl2FNO. The zero-order valence-electron chi connectivity index (χ0n) is 10.7. The fourth-order valence-corrected chi connectivity index (χ4v) is 2.15. The number of rotatable bonds is 5. The minimum Gasteiger partial charge on any atom is -0.489 e. The molecule has 0 amide bonds. The minimum absolute atomic E-state index is 0.296. The van der Waals surface area contributed by atoms with Crippen LogP contribution in [0.1, 0.15) is 11.1 Å². The van der Waals surface area contributed by atoms with Gasteiger partial charge in [0.1, 0.15) is 18.2 Å². The molecule has 0 aliphatic heterocycles. The summed E-state index contributed by atoms with van der Waals surface area (Å²) in [5.74, 6) is 0.332. The van der Waals surface area contributed by atoms with E-state index in [0.717, 1.165) is 11.1 Å². The van der Waals surface area contributed by atoms with E-state index < -0.39 is 0 Å². The van der Waals surface area contributed by atoms with Gasteiger partial charge in [0.15, 0.2) is 0 Å². The van der Waals surface area contributed by atoms with Crippen LogP contribution in [-0.2, 0) is 13.0 Å². The van der Waals surface area contributed by atoms with Crippen molar-refractivity contribution in [3.63, 3.8) is 0 Å². The Morgan fingerprint density at radius 1 is 1.05 bits per heavy atom. The Hall–Kier alpha value is -1.29. The summed E-state index contributed by atoms with van der Waals surface area (Å²) in [7, 11) is 0. The van der Waals surface area contributed by atoms with Crippen LogP contribution < -0.4 is 10.5 Å². The zero-order valence-corrected chi connectivity index (χ0v) is 12.2. The summed E-state index contributed by atoms with van der Waals surface area (Å²) in [6.45, 7) is 0.771. The Morgan fingerprint density at radius 2 is 1.85 bits per heavy atom. The third-order valence-electron chi connectivity index (χ3n) is 2.81. The summed E-state index contributed by atoms with van der Waals surface area (Å²) >= 11 is 11.8. The van der Waals surface area contributed by atoms with Crippen LogP contribution >= 0.6 is 23.2 Å². The van der Waals surface area contributed by atoms with Crippen LogP contribution in [0.5, 0.6) is 5.75 Å². The average Bonchev–Trinajstić information content (AvgIpc) is 2.42. The molecule has 0 heterocycles. The highest BCUT2D eigenvalue weighted by Crippen LogP contribution is 2.25. The Kier molecular flexibility index (Phi) is 5.24. The predicted molar refractivity (Wildman–Crippen MR) is 80.0 cm³/mol. The third-order valence-corrected chi connectivity index (χ3v) is 3.55. The first kappa shape index (κ1) is 15.1. The fraction of sp³-hybridized carbons (Fsp3) is 0.200. The highest BCUT2D eigenvalue weighted by atomic mass is 35.5. The van der Waals surface area contributed by atoms with E-state index in [2.05, 4.69) is 0 Å². The summed E-state index contributed by atoms with van der Waals surface area (Å²) in [5, 5.41) is 0.982. The van der Waals surface area contributed by atoms with Crippen LogP contribution in [0.15, 0.2) is 36.4 Å². The molecule has 0 fully saturated rings. The van der Waals surface area contributed by atoms with Crippen molar-refractivity contribution in [3.8, 4) is 5.75 Å². The van der Waals surface area contributed by atoms with Gasteiger partial charge in [-0.1, -0.05) is 29.3 Å². The lowest BCUT2D eigenvalue weighted by molar-refractivity contribution is 0.302. The van der Waals surface area contributed by atoms with Gasteiger partial charge in [0.2, 0.25) is 0 Å². The lowest BCUT2D eigenvalue weighted by Gasteiger charge is -2.11. The molecule has 20 heavy (non-hydrogen) atoms. The lowest BCUT2D eigenvalue weighted by Crippen LogP contribution is -2.06. The zero-order chi connectivity index (χ0) is 14.5. The average molecular weight is 314 g/mol. The van der Waals surface area contributed by atoms with E-state index in [1.54, 1.807) is 18.2 Å². The van der Waals surface area contributed by atoms with Crippen molar-refractivity contribution in [1.82, 2.24) is 0 Å². The van der Waals surface area contributed by atoms with E-state index in [1.807, 2.05) is 6.07 Å². The molecule has 0 aliphatic carbocycles. The van der Waals surface area contributed by atoms with Crippen LogP contribution in [0.2, 0.25) is 10.0 Å². The van der Waals surface area contributed by atoms with Gasteiger partial charge in [-0.15, -0.1) is 0 Å². The second-order valence-electron chi connectivity index (χ2n) is 4.33. The molecule has 0 aromatic heterocycles. The van der Waals surface area contributed by atoms with Gasteiger partial charge in [-0.25, -0.2) is 4.39 Å². The van der Waals surface area contributed by atoms with Gasteiger partial charge < -0.3 is 10.5 Å². The van der Waals surface area contributed by atoms with E-state index in [0.29, 0.717) is 35.4 Å². The molecule has 0 radical (unpaired) electrons. The Labute approximate surface area is 127 Å². The molecule has 2 rings (SSSR count). The topological polar surface area (TPSA) is 35.2 Å². The van der Waals surface area contributed by atoms with Gasteiger partial charge >= 0.3 is 0 Å². The SMILES string of the molecule is NCCc1cc(F)ccc1OCc1ccc(Cl)c(Cl)c1. The van der Waals surface area contributed by atoms with Crippen LogP contribution in [0, 0.1) is 5.82 Å². The molecule has 0 aliphatic rings. The molecule has 0 saturated carbocycles. The van der Waals surface area contributed by atoms with Gasteiger partial charge in [0.05, 0.1) is 10.0 Å². The summed E-state index contributed by atoms with van der Waals surface area (Å²) in [4.78, 5) is 0. The second-order valence-corrected chi connectivity index (χ2v) is 5.14. The van der Waals surface area contributed by atoms with Crippen molar-refractivity contribution in [2.75, 3.05) is 6.54 Å². The lowest BCUT2D eigenvalue weighted by atomic mass is 10.1. The molecule has 0 unspecified atom stereocenters. The quantitative estimate of drug-likeness (QED) is 0.897. The van der Waals surface area contributed by atoms with E-state index >= 15 is 0 Å². The number of hydrogen-bond acceptors (Lipinski definition) is 2. The van der Waals surface area contributed by atoms with Crippen molar-refractivity contribution in [2.45, 2.75) is 13.0 Å². The number of halogens is 3. The third kappa shape index (κ3) is 3.85. The number of ether oxygens (including phenoxy) is 1. The van der Waals surface area contributed by atoms with Gasteiger partial charge in [0, 0.05) is 0 Å². The molecular weight excluding hydrogens is 300 g/mol. The van der Waals surface area contributed by atoms with Crippen molar-refractivity contribution in [1.29, 1.82) is 0 Å². The smallest absolute Gasteiger partial charge is 0.123 e. The molecule has 5 heteroatoms.